The molecule has 0 saturated heterocycles. The van der Waals surface area contributed by atoms with E-state index in [1.165, 1.54) is 25.0 Å². The zero-order valence-corrected chi connectivity index (χ0v) is 11.5. The first-order chi connectivity index (χ1) is 9.02. The first-order valence-electron chi connectivity index (χ1n) is 6.90. The average molecular weight is 261 g/mol. The van der Waals surface area contributed by atoms with E-state index in [2.05, 4.69) is 16.5 Å². The van der Waals surface area contributed by atoms with Gasteiger partial charge in [0.2, 0.25) is 0 Å². The molecule has 3 rings (SSSR count). The minimum atomic E-state index is -0.241. The molecule has 1 aromatic heterocycles. The van der Waals surface area contributed by atoms with Gasteiger partial charge in [-0.2, -0.15) is 0 Å². The summed E-state index contributed by atoms with van der Waals surface area (Å²) in [5.74, 6) is 0.746. The molecule has 0 bridgehead atoms. The predicted molar refractivity (Wildman–Crippen MR) is 74.5 cm³/mol. The van der Waals surface area contributed by atoms with E-state index in [9.17, 15) is 4.39 Å². The van der Waals surface area contributed by atoms with Crippen molar-refractivity contribution in [3.63, 3.8) is 0 Å². The van der Waals surface area contributed by atoms with Gasteiger partial charge in [0.05, 0.1) is 11.0 Å². The minimum Gasteiger partial charge on any atom is -0.331 e. The zero-order valence-electron chi connectivity index (χ0n) is 11.5. The van der Waals surface area contributed by atoms with Crippen LogP contribution in [0.4, 0.5) is 4.39 Å². The van der Waals surface area contributed by atoms with Crippen molar-refractivity contribution in [2.45, 2.75) is 44.1 Å². The lowest BCUT2D eigenvalue weighted by Gasteiger charge is -2.38. The summed E-state index contributed by atoms with van der Waals surface area (Å²) in [5, 5.41) is 0. The molecular formula is C15H20FN3. The maximum absolute atomic E-state index is 13.3. The summed E-state index contributed by atoms with van der Waals surface area (Å²) < 4.78 is 15.4. The van der Waals surface area contributed by atoms with Crippen LogP contribution < -0.4 is 5.73 Å². The lowest BCUT2D eigenvalue weighted by molar-refractivity contribution is 0.254. The highest BCUT2D eigenvalue weighted by atomic mass is 19.1. The Balaban J connectivity index is 2.16. The molecule has 2 aromatic rings. The van der Waals surface area contributed by atoms with Gasteiger partial charge < -0.3 is 10.3 Å². The molecule has 2 atom stereocenters. The Morgan fingerprint density at radius 2 is 2.21 bits per heavy atom. The largest absolute Gasteiger partial charge is 0.331 e. The first-order valence-corrected chi connectivity index (χ1v) is 6.90. The zero-order chi connectivity index (χ0) is 13.6. The number of hydrogen-bond acceptors (Lipinski definition) is 2. The van der Waals surface area contributed by atoms with Crippen LogP contribution in [-0.4, -0.2) is 15.6 Å². The summed E-state index contributed by atoms with van der Waals surface area (Å²) in [6.45, 7) is 2.19. The second kappa shape index (κ2) is 4.30. The molecule has 19 heavy (non-hydrogen) atoms. The molecule has 1 saturated carbocycles. The number of nitrogens with two attached hydrogens (primary N) is 1. The van der Waals surface area contributed by atoms with Crippen molar-refractivity contribution < 1.29 is 4.39 Å². The molecular weight excluding hydrogens is 241 g/mol. The molecule has 1 aliphatic carbocycles. The molecule has 4 heteroatoms. The highest BCUT2D eigenvalue weighted by molar-refractivity contribution is 5.76. The molecule has 1 aliphatic rings. The number of imidazole rings is 1. The number of nitrogens with zero attached hydrogens (tertiary/aromatic N) is 2. The molecule has 1 fully saturated rings. The van der Waals surface area contributed by atoms with Crippen LogP contribution in [0.25, 0.3) is 11.0 Å². The van der Waals surface area contributed by atoms with Crippen LogP contribution in [0, 0.1) is 5.82 Å². The fourth-order valence-corrected chi connectivity index (χ4v) is 3.32. The summed E-state index contributed by atoms with van der Waals surface area (Å²) in [4.78, 5) is 4.66. The van der Waals surface area contributed by atoms with Gasteiger partial charge in [-0.05, 0) is 25.0 Å². The molecule has 0 amide bonds. The third-order valence-corrected chi connectivity index (χ3v) is 4.63. The Morgan fingerprint density at radius 1 is 1.42 bits per heavy atom. The monoisotopic (exact) mass is 261 g/mol. The Labute approximate surface area is 112 Å². The maximum atomic E-state index is 13.3. The molecule has 2 unspecified atom stereocenters. The van der Waals surface area contributed by atoms with Crippen LogP contribution in [0.15, 0.2) is 18.2 Å². The minimum absolute atomic E-state index is 0.109. The molecule has 1 aromatic carbocycles. The molecule has 1 heterocycles. The molecule has 3 nitrogen and oxygen atoms in total. The van der Waals surface area contributed by atoms with E-state index >= 15 is 0 Å². The van der Waals surface area contributed by atoms with E-state index in [1.54, 1.807) is 6.07 Å². The summed E-state index contributed by atoms with van der Waals surface area (Å²) in [7, 11) is 2.00. The quantitative estimate of drug-likeness (QED) is 0.857. The third-order valence-electron chi connectivity index (χ3n) is 4.63. The number of hydrogen-bond donors (Lipinski definition) is 1. The fourth-order valence-electron chi connectivity index (χ4n) is 3.32. The van der Waals surface area contributed by atoms with Gasteiger partial charge in [-0.15, -0.1) is 0 Å². The lowest BCUT2D eigenvalue weighted by Crippen LogP contribution is -2.47. The number of aromatic nitrogens is 2. The van der Waals surface area contributed by atoms with E-state index < -0.39 is 0 Å². The van der Waals surface area contributed by atoms with E-state index in [1.807, 2.05) is 7.05 Å². The molecule has 0 radical (unpaired) electrons. The number of rotatable bonds is 1. The van der Waals surface area contributed by atoms with Crippen molar-refractivity contribution in [1.29, 1.82) is 0 Å². The topological polar surface area (TPSA) is 43.8 Å². The van der Waals surface area contributed by atoms with Crippen LogP contribution in [-0.2, 0) is 12.5 Å². The van der Waals surface area contributed by atoms with Gasteiger partial charge in [-0.1, -0.05) is 19.8 Å². The summed E-state index contributed by atoms with van der Waals surface area (Å²) in [6, 6.07) is 4.90. The lowest BCUT2D eigenvalue weighted by atomic mass is 9.71. The Kier molecular flexibility index (Phi) is 2.86. The van der Waals surface area contributed by atoms with Gasteiger partial charge in [0.1, 0.15) is 11.6 Å². The van der Waals surface area contributed by atoms with Crippen LogP contribution >= 0.6 is 0 Å². The van der Waals surface area contributed by atoms with Crippen molar-refractivity contribution in [3.8, 4) is 0 Å². The summed E-state index contributed by atoms with van der Waals surface area (Å²) in [5.41, 5.74) is 7.92. The number of halogens is 1. The van der Waals surface area contributed by atoms with E-state index in [0.717, 1.165) is 29.7 Å². The fraction of sp³-hybridized carbons (Fsp3) is 0.533. The van der Waals surface area contributed by atoms with Crippen molar-refractivity contribution in [3.05, 3.63) is 29.8 Å². The summed E-state index contributed by atoms with van der Waals surface area (Å²) >= 11 is 0. The smallest absolute Gasteiger partial charge is 0.125 e. The van der Waals surface area contributed by atoms with Crippen molar-refractivity contribution in [1.82, 2.24) is 9.55 Å². The SMILES string of the molecule is Cn1c(C2(C)CCCCC2N)nc2cc(F)ccc21. The number of fused-ring (bicyclic) bond motifs is 1. The van der Waals surface area contributed by atoms with Crippen LogP contribution in [0.3, 0.4) is 0 Å². The predicted octanol–water partition coefficient (Wildman–Crippen LogP) is 2.87. The number of benzene rings is 1. The van der Waals surface area contributed by atoms with Crippen LogP contribution in [0.5, 0.6) is 0 Å². The molecule has 2 N–H and O–H groups in total. The van der Waals surface area contributed by atoms with Gasteiger partial charge in [-0.25, -0.2) is 9.37 Å². The van der Waals surface area contributed by atoms with Crippen molar-refractivity contribution in [2.24, 2.45) is 12.8 Å². The second-order valence-electron chi connectivity index (χ2n) is 5.90. The first kappa shape index (κ1) is 12.6. The van der Waals surface area contributed by atoms with Crippen LogP contribution in [0.2, 0.25) is 0 Å². The normalized spacial score (nSPS) is 27.9. The van der Waals surface area contributed by atoms with E-state index in [4.69, 9.17) is 5.73 Å². The van der Waals surface area contributed by atoms with E-state index in [-0.39, 0.29) is 17.3 Å². The van der Waals surface area contributed by atoms with Crippen LogP contribution in [0.1, 0.15) is 38.4 Å². The highest BCUT2D eigenvalue weighted by Crippen LogP contribution is 2.38. The van der Waals surface area contributed by atoms with Gasteiger partial charge in [-0.3, -0.25) is 0 Å². The highest BCUT2D eigenvalue weighted by Gasteiger charge is 2.39. The summed E-state index contributed by atoms with van der Waals surface area (Å²) in [6.07, 6.45) is 4.46. The maximum Gasteiger partial charge on any atom is 0.125 e. The Morgan fingerprint density at radius 3 is 2.95 bits per heavy atom. The standard InChI is InChI=1S/C15H20FN3/c1-15(8-4-3-5-13(15)17)14-18-11-9-10(16)6-7-12(11)19(14)2/h6-7,9,13H,3-5,8,17H2,1-2H3. The molecule has 102 valence electrons. The Hall–Kier alpha value is -1.42. The van der Waals surface area contributed by atoms with Gasteiger partial charge in [0, 0.05) is 24.6 Å². The van der Waals surface area contributed by atoms with Crippen molar-refractivity contribution >= 4 is 11.0 Å². The second-order valence-corrected chi connectivity index (χ2v) is 5.90. The Bertz CT molecular complexity index is 619. The third kappa shape index (κ3) is 1.86. The average Bonchev–Trinajstić information content (AvgIpc) is 2.70. The van der Waals surface area contributed by atoms with Gasteiger partial charge >= 0.3 is 0 Å². The van der Waals surface area contributed by atoms with Gasteiger partial charge in [0.25, 0.3) is 0 Å². The molecule has 0 aliphatic heterocycles. The molecule has 0 spiro atoms. The van der Waals surface area contributed by atoms with E-state index in [0.29, 0.717) is 0 Å². The number of aryl methyl sites for hydroxylation is 1. The van der Waals surface area contributed by atoms with Gasteiger partial charge in [0.15, 0.2) is 0 Å². The van der Waals surface area contributed by atoms with Crippen molar-refractivity contribution in [2.75, 3.05) is 0 Å².